The number of nitrogens with one attached hydrogen (secondary N) is 1. The molecule has 1 aromatic carbocycles. The zero-order chi connectivity index (χ0) is 15.8. The first-order valence-corrected chi connectivity index (χ1v) is 6.55. The number of benzene rings is 1. The Morgan fingerprint density at radius 2 is 2.10 bits per heavy atom. The van der Waals surface area contributed by atoms with Crippen LogP contribution in [0.25, 0.3) is 0 Å². The lowest BCUT2D eigenvalue weighted by atomic mass is 10.2. The van der Waals surface area contributed by atoms with E-state index >= 15 is 0 Å². The molecule has 7 heteroatoms. The van der Waals surface area contributed by atoms with Gasteiger partial charge in [-0.2, -0.15) is 8.78 Å². The van der Waals surface area contributed by atoms with Gasteiger partial charge in [-0.05, 0) is 25.1 Å². The molecule has 0 heterocycles. The maximum Gasteiger partial charge on any atom is 0.387 e. The van der Waals surface area contributed by atoms with Crippen molar-refractivity contribution in [2.75, 3.05) is 27.7 Å². The third kappa shape index (κ3) is 5.45. The molecule has 0 radical (unpaired) electrons. The molecule has 0 aliphatic carbocycles. The van der Waals surface area contributed by atoms with Crippen molar-refractivity contribution in [3.8, 4) is 11.5 Å². The Hall–Kier alpha value is -2.05. The molecule has 0 bridgehead atoms. The van der Waals surface area contributed by atoms with Crippen LogP contribution in [0.2, 0.25) is 0 Å². The van der Waals surface area contributed by atoms with Gasteiger partial charge in [-0.1, -0.05) is 0 Å². The number of alkyl halides is 2. The SMILES string of the molecule is CCNC(=NCc1cc(OC)ccc1OC(F)F)N(C)C. The van der Waals surface area contributed by atoms with Crippen LogP contribution in [0.15, 0.2) is 23.2 Å². The lowest BCUT2D eigenvalue weighted by Gasteiger charge is -2.17. The monoisotopic (exact) mass is 301 g/mol. The molecule has 0 aliphatic heterocycles. The molecule has 0 amide bonds. The summed E-state index contributed by atoms with van der Waals surface area (Å²) in [5.74, 6) is 1.34. The van der Waals surface area contributed by atoms with Crippen LogP contribution < -0.4 is 14.8 Å². The van der Waals surface area contributed by atoms with Gasteiger partial charge >= 0.3 is 6.61 Å². The van der Waals surface area contributed by atoms with E-state index in [0.29, 0.717) is 17.3 Å². The quantitative estimate of drug-likeness (QED) is 0.647. The molecule has 0 spiro atoms. The Bertz CT molecular complexity index is 479. The van der Waals surface area contributed by atoms with Gasteiger partial charge in [0.1, 0.15) is 11.5 Å². The normalized spacial score (nSPS) is 11.5. The average molecular weight is 301 g/mol. The van der Waals surface area contributed by atoms with Crippen molar-refractivity contribution in [3.05, 3.63) is 23.8 Å². The highest BCUT2D eigenvalue weighted by Crippen LogP contribution is 2.26. The van der Waals surface area contributed by atoms with E-state index < -0.39 is 6.61 Å². The number of nitrogens with zero attached hydrogens (tertiary/aromatic N) is 2. The second kappa shape index (κ2) is 8.28. The molecular formula is C14H21F2N3O2. The van der Waals surface area contributed by atoms with E-state index in [2.05, 4.69) is 15.0 Å². The van der Waals surface area contributed by atoms with Gasteiger partial charge in [0.25, 0.3) is 0 Å². The molecule has 1 aromatic rings. The standard InChI is InChI=1S/C14H21F2N3O2/c1-5-17-14(19(2)3)18-9-10-8-11(20-4)6-7-12(10)21-13(15)16/h6-8,13H,5,9H2,1-4H3,(H,17,18). The largest absolute Gasteiger partial charge is 0.497 e. The fourth-order valence-electron chi connectivity index (χ4n) is 1.69. The Balaban J connectivity index is 3.00. The van der Waals surface area contributed by atoms with Crippen LogP contribution >= 0.6 is 0 Å². The van der Waals surface area contributed by atoms with E-state index in [0.717, 1.165) is 6.54 Å². The van der Waals surface area contributed by atoms with Crippen LogP contribution in [-0.2, 0) is 6.54 Å². The second-order valence-corrected chi connectivity index (χ2v) is 4.42. The number of rotatable bonds is 6. The van der Waals surface area contributed by atoms with Crippen LogP contribution in [0.4, 0.5) is 8.78 Å². The van der Waals surface area contributed by atoms with Gasteiger partial charge < -0.3 is 19.7 Å². The Kier molecular flexibility index (Phi) is 6.71. The van der Waals surface area contributed by atoms with E-state index in [1.165, 1.54) is 13.2 Å². The second-order valence-electron chi connectivity index (χ2n) is 4.42. The first kappa shape index (κ1) is 17.0. The number of aliphatic imine (C=N–C) groups is 1. The highest BCUT2D eigenvalue weighted by Gasteiger charge is 2.11. The average Bonchev–Trinajstić information content (AvgIpc) is 2.43. The van der Waals surface area contributed by atoms with E-state index in [-0.39, 0.29) is 12.3 Å². The molecule has 5 nitrogen and oxygen atoms in total. The van der Waals surface area contributed by atoms with E-state index in [1.54, 1.807) is 12.1 Å². The summed E-state index contributed by atoms with van der Waals surface area (Å²) >= 11 is 0. The van der Waals surface area contributed by atoms with Gasteiger partial charge in [-0.15, -0.1) is 0 Å². The number of ether oxygens (including phenoxy) is 2. The van der Waals surface area contributed by atoms with Crippen molar-refractivity contribution in [2.24, 2.45) is 4.99 Å². The fraction of sp³-hybridized carbons (Fsp3) is 0.500. The van der Waals surface area contributed by atoms with Crippen molar-refractivity contribution in [2.45, 2.75) is 20.1 Å². The number of hydrogen-bond donors (Lipinski definition) is 1. The van der Waals surface area contributed by atoms with Crippen LogP contribution in [-0.4, -0.2) is 45.2 Å². The minimum Gasteiger partial charge on any atom is -0.497 e. The third-order valence-corrected chi connectivity index (χ3v) is 2.64. The van der Waals surface area contributed by atoms with Crippen molar-refractivity contribution in [1.82, 2.24) is 10.2 Å². The van der Waals surface area contributed by atoms with Gasteiger partial charge in [-0.3, -0.25) is 0 Å². The molecule has 0 atom stereocenters. The molecule has 0 saturated heterocycles. The molecule has 21 heavy (non-hydrogen) atoms. The Labute approximate surface area is 123 Å². The molecule has 0 unspecified atom stereocenters. The van der Waals surface area contributed by atoms with Gasteiger partial charge in [0.05, 0.1) is 13.7 Å². The van der Waals surface area contributed by atoms with E-state index in [4.69, 9.17) is 4.74 Å². The molecule has 1 rings (SSSR count). The minimum absolute atomic E-state index is 0.101. The van der Waals surface area contributed by atoms with Gasteiger partial charge in [0, 0.05) is 26.2 Å². The predicted molar refractivity (Wildman–Crippen MR) is 78.1 cm³/mol. The summed E-state index contributed by atoms with van der Waals surface area (Å²) in [6.45, 7) is 0.00812. The van der Waals surface area contributed by atoms with Crippen LogP contribution in [0.5, 0.6) is 11.5 Å². The van der Waals surface area contributed by atoms with Crippen LogP contribution in [0, 0.1) is 0 Å². The Morgan fingerprint density at radius 1 is 1.38 bits per heavy atom. The van der Waals surface area contributed by atoms with Crippen molar-refractivity contribution < 1.29 is 18.3 Å². The lowest BCUT2D eigenvalue weighted by molar-refractivity contribution is -0.0504. The molecule has 118 valence electrons. The zero-order valence-corrected chi connectivity index (χ0v) is 12.7. The van der Waals surface area contributed by atoms with Crippen molar-refractivity contribution in [1.29, 1.82) is 0 Å². The summed E-state index contributed by atoms with van der Waals surface area (Å²) in [5, 5.41) is 3.10. The number of guanidine groups is 1. The summed E-state index contributed by atoms with van der Waals surface area (Å²) in [5.41, 5.74) is 0.534. The third-order valence-electron chi connectivity index (χ3n) is 2.64. The van der Waals surface area contributed by atoms with Gasteiger partial charge in [0.15, 0.2) is 5.96 Å². The fourth-order valence-corrected chi connectivity index (χ4v) is 1.69. The van der Waals surface area contributed by atoms with Gasteiger partial charge in [0.2, 0.25) is 0 Å². The van der Waals surface area contributed by atoms with Crippen molar-refractivity contribution in [3.63, 3.8) is 0 Å². The molecule has 0 aromatic heterocycles. The molecule has 0 saturated carbocycles. The van der Waals surface area contributed by atoms with Crippen LogP contribution in [0.1, 0.15) is 12.5 Å². The lowest BCUT2D eigenvalue weighted by Crippen LogP contribution is -2.36. The Morgan fingerprint density at radius 3 is 2.62 bits per heavy atom. The smallest absolute Gasteiger partial charge is 0.387 e. The van der Waals surface area contributed by atoms with E-state index in [9.17, 15) is 8.78 Å². The number of hydrogen-bond acceptors (Lipinski definition) is 3. The number of methoxy groups -OCH3 is 1. The predicted octanol–water partition coefficient (Wildman–Crippen LogP) is 2.32. The highest BCUT2D eigenvalue weighted by molar-refractivity contribution is 5.79. The van der Waals surface area contributed by atoms with Crippen molar-refractivity contribution >= 4 is 5.96 Å². The maximum atomic E-state index is 12.4. The van der Waals surface area contributed by atoms with Crippen LogP contribution in [0.3, 0.4) is 0 Å². The first-order valence-electron chi connectivity index (χ1n) is 6.55. The highest BCUT2D eigenvalue weighted by atomic mass is 19.3. The van der Waals surface area contributed by atoms with Gasteiger partial charge in [-0.25, -0.2) is 4.99 Å². The summed E-state index contributed by atoms with van der Waals surface area (Å²) < 4.78 is 34.4. The number of halogens is 2. The summed E-state index contributed by atoms with van der Waals surface area (Å²) in [4.78, 5) is 6.19. The topological polar surface area (TPSA) is 46.1 Å². The minimum atomic E-state index is -2.87. The molecule has 0 fully saturated rings. The summed E-state index contributed by atoms with van der Waals surface area (Å²) in [6.07, 6.45) is 0. The first-order chi connectivity index (χ1) is 9.97. The maximum absolute atomic E-state index is 12.4. The zero-order valence-electron chi connectivity index (χ0n) is 12.7. The summed E-state index contributed by atoms with van der Waals surface area (Å²) in [6, 6.07) is 4.67. The molecule has 1 N–H and O–H groups in total. The molecule has 0 aliphatic rings. The molecular weight excluding hydrogens is 280 g/mol. The van der Waals surface area contributed by atoms with E-state index in [1.807, 2.05) is 25.9 Å². The summed E-state index contributed by atoms with van der Waals surface area (Å²) in [7, 11) is 5.22.